The van der Waals surface area contributed by atoms with E-state index < -0.39 is 5.92 Å². The summed E-state index contributed by atoms with van der Waals surface area (Å²) >= 11 is 0. The van der Waals surface area contributed by atoms with Crippen LogP contribution in [0.5, 0.6) is 0 Å². The number of carbonyl (C=O) groups excluding carboxylic acids is 1. The van der Waals surface area contributed by atoms with Gasteiger partial charge in [0.25, 0.3) is 5.56 Å². The Labute approximate surface area is 139 Å². The van der Waals surface area contributed by atoms with Crippen LogP contribution >= 0.6 is 0 Å². The van der Waals surface area contributed by atoms with Crippen LogP contribution in [0.2, 0.25) is 0 Å². The SMILES string of the molecule is CC(Cn1ccnc1)NC(=O)C(C)c1cc2ccccc2[nH]c1=O. The van der Waals surface area contributed by atoms with Crippen molar-refractivity contribution in [2.75, 3.05) is 0 Å². The van der Waals surface area contributed by atoms with Gasteiger partial charge in [0.1, 0.15) is 0 Å². The van der Waals surface area contributed by atoms with Gasteiger partial charge in [-0.3, -0.25) is 9.59 Å². The van der Waals surface area contributed by atoms with Gasteiger partial charge in [-0.2, -0.15) is 0 Å². The molecule has 0 bridgehead atoms. The first-order chi connectivity index (χ1) is 11.5. The predicted octanol–water partition coefficient (Wildman–Crippen LogP) is 2.03. The van der Waals surface area contributed by atoms with Crippen molar-refractivity contribution in [2.45, 2.75) is 32.4 Å². The van der Waals surface area contributed by atoms with E-state index in [2.05, 4.69) is 15.3 Å². The zero-order valence-corrected chi connectivity index (χ0v) is 13.7. The average Bonchev–Trinajstić information content (AvgIpc) is 3.06. The lowest BCUT2D eigenvalue weighted by Crippen LogP contribution is -2.39. The second kappa shape index (κ2) is 6.70. The summed E-state index contributed by atoms with van der Waals surface area (Å²) in [7, 11) is 0. The van der Waals surface area contributed by atoms with Crippen LogP contribution in [0.3, 0.4) is 0 Å². The number of nitrogens with zero attached hydrogens (tertiary/aromatic N) is 2. The Hall–Kier alpha value is -2.89. The van der Waals surface area contributed by atoms with Crippen molar-refractivity contribution in [1.29, 1.82) is 0 Å². The first-order valence-electron chi connectivity index (χ1n) is 7.92. The molecular weight excluding hydrogens is 304 g/mol. The minimum atomic E-state index is -0.524. The van der Waals surface area contributed by atoms with E-state index in [9.17, 15) is 9.59 Å². The van der Waals surface area contributed by atoms with Crippen molar-refractivity contribution in [3.8, 4) is 0 Å². The minimum absolute atomic E-state index is 0.0614. The quantitative estimate of drug-likeness (QED) is 0.753. The van der Waals surface area contributed by atoms with E-state index in [4.69, 9.17) is 0 Å². The van der Waals surface area contributed by atoms with Gasteiger partial charge >= 0.3 is 0 Å². The van der Waals surface area contributed by atoms with Crippen molar-refractivity contribution in [3.63, 3.8) is 0 Å². The molecule has 2 heterocycles. The molecule has 0 spiro atoms. The summed E-state index contributed by atoms with van der Waals surface area (Å²) in [6.07, 6.45) is 5.26. The van der Waals surface area contributed by atoms with Crippen molar-refractivity contribution in [2.24, 2.45) is 0 Å². The zero-order valence-electron chi connectivity index (χ0n) is 13.7. The molecule has 1 aromatic carbocycles. The van der Waals surface area contributed by atoms with Gasteiger partial charge in [-0.05, 0) is 31.4 Å². The fraction of sp³-hybridized carbons (Fsp3) is 0.278. The molecule has 6 nitrogen and oxygen atoms in total. The van der Waals surface area contributed by atoms with E-state index >= 15 is 0 Å². The van der Waals surface area contributed by atoms with Gasteiger partial charge in [0, 0.05) is 36.1 Å². The van der Waals surface area contributed by atoms with Gasteiger partial charge < -0.3 is 14.9 Å². The lowest BCUT2D eigenvalue weighted by atomic mass is 9.99. The summed E-state index contributed by atoms with van der Waals surface area (Å²) in [5, 5.41) is 3.87. The Balaban J connectivity index is 1.75. The molecule has 0 fully saturated rings. The van der Waals surface area contributed by atoms with Crippen LogP contribution in [0, 0.1) is 0 Å². The molecule has 2 atom stereocenters. The van der Waals surface area contributed by atoms with Crippen LogP contribution in [-0.4, -0.2) is 26.5 Å². The molecule has 0 saturated heterocycles. The molecule has 3 aromatic rings. The number of hydrogen-bond acceptors (Lipinski definition) is 3. The summed E-state index contributed by atoms with van der Waals surface area (Å²) in [4.78, 5) is 31.6. The van der Waals surface area contributed by atoms with E-state index in [0.717, 1.165) is 10.9 Å². The van der Waals surface area contributed by atoms with Gasteiger partial charge in [0.05, 0.1) is 12.2 Å². The van der Waals surface area contributed by atoms with Crippen LogP contribution in [0.25, 0.3) is 10.9 Å². The minimum Gasteiger partial charge on any atom is -0.351 e. The van der Waals surface area contributed by atoms with Crippen molar-refractivity contribution >= 4 is 16.8 Å². The first-order valence-corrected chi connectivity index (χ1v) is 7.92. The largest absolute Gasteiger partial charge is 0.351 e. The number of aromatic nitrogens is 3. The lowest BCUT2D eigenvalue weighted by Gasteiger charge is -2.18. The zero-order chi connectivity index (χ0) is 17.1. The number of amides is 1. The Bertz CT molecular complexity index is 899. The third-order valence-corrected chi connectivity index (χ3v) is 4.07. The Morgan fingerprint density at radius 1 is 1.33 bits per heavy atom. The predicted molar refractivity (Wildman–Crippen MR) is 92.8 cm³/mol. The summed E-state index contributed by atoms with van der Waals surface area (Å²) in [5.74, 6) is -0.688. The summed E-state index contributed by atoms with van der Waals surface area (Å²) in [6.45, 7) is 4.31. The summed E-state index contributed by atoms with van der Waals surface area (Å²) < 4.78 is 1.90. The van der Waals surface area contributed by atoms with E-state index in [1.54, 1.807) is 25.5 Å². The molecule has 2 unspecified atom stereocenters. The Kier molecular flexibility index (Phi) is 4.46. The van der Waals surface area contributed by atoms with Crippen LogP contribution in [0.15, 0.2) is 53.8 Å². The van der Waals surface area contributed by atoms with Gasteiger partial charge in [-0.1, -0.05) is 18.2 Å². The van der Waals surface area contributed by atoms with Crippen LogP contribution in [-0.2, 0) is 11.3 Å². The monoisotopic (exact) mass is 324 g/mol. The normalized spacial score (nSPS) is 13.6. The molecule has 2 N–H and O–H groups in total. The standard InChI is InChI=1S/C18H20N4O2/c1-12(10-22-8-7-19-11-22)20-17(23)13(2)15-9-14-5-3-4-6-16(14)21-18(15)24/h3-9,11-13H,10H2,1-2H3,(H,20,23)(H,21,24). The summed E-state index contributed by atoms with van der Waals surface area (Å²) in [6, 6.07) is 9.26. The number of imidazole rings is 1. The number of nitrogens with one attached hydrogen (secondary N) is 2. The molecule has 24 heavy (non-hydrogen) atoms. The number of benzene rings is 1. The number of carbonyl (C=O) groups is 1. The van der Waals surface area contributed by atoms with E-state index in [-0.39, 0.29) is 17.5 Å². The van der Waals surface area contributed by atoms with Crippen LogP contribution < -0.4 is 10.9 Å². The number of para-hydroxylation sites is 1. The molecule has 124 valence electrons. The highest BCUT2D eigenvalue weighted by molar-refractivity contribution is 5.85. The molecule has 0 aliphatic heterocycles. The third-order valence-electron chi connectivity index (χ3n) is 4.07. The lowest BCUT2D eigenvalue weighted by molar-refractivity contribution is -0.122. The van der Waals surface area contributed by atoms with E-state index in [1.165, 1.54) is 0 Å². The highest BCUT2D eigenvalue weighted by Gasteiger charge is 2.20. The second-order valence-electron chi connectivity index (χ2n) is 6.03. The number of hydrogen-bond donors (Lipinski definition) is 2. The number of pyridine rings is 1. The van der Waals surface area contributed by atoms with Crippen LogP contribution in [0.1, 0.15) is 25.3 Å². The smallest absolute Gasteiger partial charge is 0.252 e. The van der Waals surface area contributed by atoms with E-state index in [1.807, 2.05) is 42.0 Å². The molecule has 1 amide bonds. The molecule has 0 radical (unpaired) electrons. The maximum Gasteiger partial charge on any atom is 0.252 e. The molecule has 0 aliphatic carbocycles. The second-order valence-corrected chi connectivity index (χ2v) is 6.03. The molecule has 0 aliphatic rings. The maximum absolute atomic E-state index is 12.5. The van der Waals surface area contributed by atoms with Crippen molar-refractivity contribution in [1.82, 2.24) is 19.9 Å². The third kappa shape index (κ3) is 3.37. The van der Waals surface area contributed by atoms with Gasteiger partial charge in [0.2, 0.25) is 5.91 Å². The van der Waals surface area contributed by atoms with Crippen molar-refractivity contribution < 1.29 is 4.79 Å². The van der Waals surface area contributed by atoms with Gasteiger partial charge in [-0.25, -0.2) is 4.98 Å². The highest BCUT2D eigenvalue weighted by atomic mass is 16.2. The fourth-order valence-electron chi connectivity index (χ4n) is 2.75. The molecule has 6 heteroatoms. The average molecular weight is 324 g/mol. The fourth-order valence-corrected chi connectivity index (χ4v) is 2.75. The molecule has 0 saturated carbocycles. The number of rotatable bonds is 5. The number of H-pyrrole nitrogens is 1. The Morgan fingerprint density at radius 2 is 2.12 bits per heavy atom. The van der Waals surface area contributed by atoms with Gasteiger partial charge in [-0.15, -0.1) is 0 Å². The maximum atomic E-state index is 12.5. The van der Waals surface area contributed by atoms with E-state index in [0.29, 0.717) is 12.1 Å². The first kappa shape index (κ1) is 16.0. The van der Waals surface area contributed by atoms with Crippen LogP contribution in [0.4, 0.5) is 0 Å². The van der Waals surface area contributed by atoms with Crippen molar-refractivity contribution in [3.05, 3.63) is 65.0 Å². The Morgan fingerprint density at radius 3 is 2.88 bits per heavy atom. The number of fused-ring (bicyclic) bond motifs is 1. The van der Waals surface area contributed by atoms with Gasteiger partial charge in [0.15, 0.2) is 0 Å². The molecular formula is C18H20N4O2. The molecule has 2 aromatic heterocycles. The topological polar surface area (TPSA) is 79.8 Å². The number of aromatic amines is 1. The summed E-state index contributed by atoms with van der Waals surface area (Å²) in [5.41, 5.74) is 1.02. The highest BCUT2D eigenvalue weighted by Crippen LogP contribution is 2.17. The molecule has 3 rings (SSSR count).